The minimum Gasteiger partial charge on any atom is -0.383 e. The zero-order valence-corrected chi connectivity index (χ0v) is 16.3. The molecule has 30 heavy (non-hydrogen) atoms. The maximum atomic E-state index is 14.1. The third-order valence-corrected chi connectivity index (χ3v) is 4.79. The van der Waals surface area contributed by atoms with Gasteiger partial charge in [-0.1, -0.05) is 35.9 Å². The van der Waals surface area contributed by atoms with E-state index in [9.17, 15) is 27.2 Å². The van der Waals surface area contributed by atoms with E-state index in [1.807, 2.05) is 0 Å². The topological polar surface area (TPSA) is 64.1 Å². The molecule has 0 saturated heterocycles. The Hall–Kier alpha value is -2.91. The van der Waals surface area contributed by atoms with Crippen LogP contribution in [0.15, 0.2) is 52.1 Å². The van der Waals surface area contributed by atoms with Gasteiger partial charge in [-0.25, -0.2) is 9.18 Å². The molecule has 3 rings (SSSR count). The molecule has 0 aliphatic rings. The second kappa shape index (κ2) is 8.45. The summed E-state index contributed by atoms with van der Waals surface area (Å²) >= 11 is 6.04. The van der Waals surface area contributed by atoms with Gasteiger partial charge < -0.3 is 9.72 Å². The van der Waals surface area contributed by atoms with E-state index in [2.05, 4.69) is 4.98 Å². The van der Waals surface area contributed by atoms with E-state index in [1.165, 1.54) is 25.3 Å². The summed E-state index contributed by atoms with van der Waals surface area (Å²) in [4.78, 5) is 28.0. The van der Waals surface area contributed by atoms with Crippen LogP contribution in [0.4, 0.5) is 17.6 Å². The van der Waals surface area contributed by atoms with E-state index < -0.39 is 33.8 Å². The Morgan fingerprint density at radius 3 is 2.50 bits per heavy atom. The summed E-state index contributed by atoms with van der Waals surface area (Å²) in [6.45, 7) is -0.0876. The van der Waals surface area contributed by atoms with Gasteiger partial charge >= 0.3 is 11.9 Å². The molecule has 0 aliphatic carbocycles. The zero-order valence-electron chi connectivity index (χ0n) is 15.5. The van der Waals surface area contributed by atoms with Crippen LogP contribution in [0.25, 0.3) is 22.4 Å². The summed E-state index contributed by atoms with van der Waals surface area (Å²) in [6, 6.07) is 7.82. The van der Waals surface area contributed by atoms with Crippen LogP contribution in [0.1, 0.15) is 5.56 Å². The number of nitrogens with one attached hydrogen (secondary N) is 1. The molecule has 1 aromatic heterocycles. The first kappa shape index (κ1) is 21.8. The third kappa shape index (κ3) is 4.17. The highest BCUT2D eigenvalue weighted by molar-refractivity contribution is 6.33. The highest BCUT2D eigenvalue weighted by Gasteiger charge is 2.31. The Labute approximate surface area is 172 Å². The van der Waals surface area contributed by atoms with Crippen molar-refractivity contribution < 1.29 is 22.3 Å². The van der Waals surface area contributed by atoms with E-state index in [1.54, 1.807) is 0 Å². The van der Waals surface area contributed by atoms with Crippen molar-refractivity contribution >= 4 is 11.6 Å². The van der Waals surface area contributed by atoms with E-state index in [4.69, 9.17) is 16.3 Å². The predicted octanol–water partition coefficient (Wildman–Crippen LogP) is 4.33. The second-order valence-corrected chi connectivity index (χ2v) is 6.69. The number of hydrogen-bond acceptors (Lipinski definition) is 3. The summed E-state index contributed by atoms with van der Waals surface area (Å²) in [5, 5.41) is -0.395. The van der Waals surface area contributed by atoms with Gasteiger partial charge in [0.1, 0.15) is 5.82 Å². The number of benzene rings is 2. The Morgan fingerprint density at radius 1 is 1.13 bits per heavy atom. The largest absolute Gasteiger partial charge is 0.416 e. The lowest BCUT2D eigenvalue weighted by Crippen LogP contribution is -2.37. The van der Waals surface area contributed by atoms with Crippen LogP contribution in [0.2, 0.25) is 5.02 Å². The van der Waals surface area contributed by atoms with E-state index >= 15 is 0 Å². The van der Waals surface area contributed by atoms with Crippen molar-refractivity contribution in [2.24, 2.45) is 0 Å². The number of hydrogen-bond donors (Lipinski definition) is 1. The molecule has 2 aromatic carbocycles. The molecule has 1 heterocycles. The van der Waals surface area contributed by atoms with E-state index in [-0.39, 0.29) is 35.5 Å². The first-order valence-electron chi connectivity index (χ1n) is 8.63. The fourth-order valence-electron chi connectivity index (χ4n) is 2.97. The number of alkyl halides is 3. The SMILES string of the molecule is COCCn1c(=O)[nH]c(-c2cccc(C(F)(F)F)c2)c(-c2cccc(F)c2Cl)c1=O. The van der Waals surface area contributed by atoms with Crippen LogP contribution < -0.4 is 11.2 Å². The monoisotopic (exact) mass is 442 g/mol. The number of aromatic amines is 1. The molecular formula is C20H15ClF4N2O3. The Balaban J connectivity index is 2.37. The van der Waals surface area contributed by atoms with Crippen molar-refractivity contribution in [1.29, 1.82) is 0 Å². The fourth-order valence-corrected chi connectivity index (χ4v) is 3.19. The van der Waals surface area contributed by atoms with Gasteiger partial charge in [-0.3, -0.25) is 9.36 Å². The predicted molar refractivity (Wildman–Crippen MR) is 104 cm³/mol. The van der Waals surface area contributed by atoms with Crippen molar-refractivity contribution in [1.82, 2.24) is 9.55 Å². The van der Waals surface area contributed by atoms with E-state index in [0.717, 1.165) is 28.8 Å². The lowest BCUT2D eigenvalue weighted by Gasteiger charge is -2.15. The van der Waals surface area contributed by atoms with Crippen LogP contribution >= 0.6 is 11.6 Å². The first-order chi connectivity index (χ1) is 14.1. The molecule has 0 saturated carbocycles. The van der Waals surface area contributed by atoms with Crippen LogP contribution in [0, 0.1) is 5.82 Å². The minimum atomic E-state index is -4.64. The molecule has 1 N–H and O–H groups in total. The molecule has 5 nitrogen and oxygen atoms in total. The number of rotatable bonds is 5. The van der Waals surface area contributed by atoms with Crippen LogP contribution in [-0.2, 0) is 17.5 Å². The highest BCUT2D eigenvalue weighted by Crippen LogP contribution is 2.36. The Kier molecular flexibility index (Phi) is 6.14. The van der Waals surface area contributed by atoms with E-state index in [0.29, 0.717) is 0 Å². The zero-order chi connectivity index (χ0) is 22.1. The summed E-state index contributed by atoms with van der Waals surface area (Å²) in [5.41, 5.74) is -3.21. The lowest BCUT2D eigenvalue weighted by atomic mass is 9.98. The van der Waals surface area contributed by atoms with Crippen molar-refractivity contribution in [3.05, 3.63) is 79.7 Å². The number of halogens is 5. The van der Waals surface area contributed by atoms with Gasteiger partial charge in [0.25, 0.3) is 5.56 Å². The molecule has 0 fully saturated rings. The summed E-state index contributed by atoms with van der Waals surface area (Å²) in [7, 11) is 1.38. The highest BCUT2D eigenvalue weighted by atomic mass is 35.5. The molecular weight excluding hydrogens is 428 g/mol. The molecule has 0 bridgehead atoms. The Bertz CT molecular complexity index is 1200. The maximum Gasteiger partial charge on any atom is 0.416 e. The van der Waals surface area contributed by atoms with Crippen molar-refractivity contribution in [2.45, 2.75) is 12.7 Å². The second-order valence-electron chi connectivity index (χ2n) is 6.31. The summed E-state index contributed by atoms with van der Waals surface area (Å²) in [6.07, 6.45) is -4.64. The van der Waals surface area contributed by atoms with Gasteiger partial charge in [0.05, 0.1) is 35.0 Å². The number of methoxy groups -OCH3 is 1. The lowest BCUT2D eigenvalue weighted by molar-refractivity contribution is -0.137. The molecule has 0 spiro atoms. The maximum absolute atomic E-state index is 14.1. The number of ether oxygens (including phenoxy) is 1. The van der Waals surface area contributed by atoms with Crippen LogP contribution in [-0.4, -0.2) is 23.3 Å². The molecule has 0 radical (unpaired) electrons. The average Bonchev–Trinajstić information content (AvgIpc) is 2.69. The average molecular weight is 443 g/mol. The minimum absolute atomic E-state index is 0.0300. The number of aromatic nitrogens is 2. The number of H-pyrrole nitrogens is 1. The fraction of sp³-hybridized carbons (Fsp3) is 0.200. The summed E-state index contributed by atoms with van der Waals surface area (Å²) in [5.74, 6) is -0.821. The van der Waals surface area contributed by atoms with Gasteiger partial charge in [0, 0.05) is 12.7 Å². The molecule has 0 aliphatic heterocycles. The molecule has 0 unspecified atom stereocenters. The smallest absolute Gasteiger partial charge is 0.383 e. The molecule has 10 heteroatoms. The van der Waals surface area contributed by atoms with Gasteiger partial charge in [-0.2, -0.15) is 13.2 Å². The van der Waals surface area contributed by atoms with Crippen LogP contribution in [0.3, 0.4) is 0 Å². The van der Waals surface area contributed by atoms with Gasteiger partial charge in [0.2, 0.25) is 0 Å². The van der Waals surface area contributed by atoms with Crippen molar-refractivity contribution in [3.63, 3.8) is 0 Å². The molecule has 158 valence electrons. The van der Waals surface area contributed by atoms with Crippen molar-refractivity contribution in [2.75, 3.05) is 13.7 Å². The number of nitrogens with zero attached hydrogens (tertiary/aromatic N) is 1. The summed E-state index contributed by atoms with van der Waals surface area (Å²) < 4.78 is 59.2. The van der Waals surface area contributed by atoms with Crippen molar-refractivity contribution in [3.8, 4) is 22.4 Å². The molecule has 0 atom stereocenters. The van der Waals surface area contributed by atoms with Gasteiger partial charge in [0.15, 0.2) is 0 Å². The quantitative estimate of drug-likeness (QED) is 0.598. The normalized spacial score (nSPS) is 11.7. The van der Waals surface area contributed by atoms with Gasteiger partial charge in [-0.05, 0) is 23.8 Å². The van der Waals surface area contributed by atoms with Gasteiger partial charge in [-0.15, -0.1) is 0 Å². The first-order valence-corrected chi connectivity index (χ1v) is 9.01. The van der Waals surface area contributed by atoms with Crippen LogP contribution in [0.5, 0.6) is 0 Å². The Morgan fingerprint density at radius 2 is 1.83 bits per heavy atom. The molecule has 0 amide bonds. The third-order valence-electron chi connectivity index (χ3n) is 4.40. The standard InChI is InChI=1S/C20H15ClF4N2O3/c1-30-9-8-27-18(28)15(13-6-3-7-14(22)16(13)21)17(26-19(27)29)11-4-2-5-12(10-11)20(23,24)25/h2-7,10H,8-9H2,1H3,(H,26,29). The molecule has 3 aromatic rings.